The first-order valence-corrected chi connectivity index (χ1v) is 8.92. The number of aromatic nitrogens is 1. The van der Waals surface area contributed by atoms with E-state index < -0.39 is 24.0 Å². The van der Waals surface area contributed by atoms with E-state index in [0.29, 0.717) is 12.1 Å². The molecule has 2 heterocycles. The van der Waals surface area contributed by atoms with Crippen molar-refractivity contribution in [2.45, 2.75) is 45.7 Å². The number of esters is 1. The fourth-order valence-corrected chi connectivity index (χ4v) is 3.23. The van der Waals surface area contributed by atoms with Crippen LogP contribution in [0.15, 0.2) is 28.9 Å². The number of nitriles is 1. The number of rotatable bonds is 7. The molecule has 1 aliphatic rings. The molecule has 142 valence electrons. The normalized spacial score (nSPS) is 15.6. The molecule has 0 spiro atoms. The van der Waals surface area contributed by atoms with Gasteiger partial charge in [-0.15, -0.1) is 0 Å². The van der Waals surface area contributed by atoms with Gasteiger partial charge in [0, 0.05) is 11.4 Å². The molecule has 0 unspecified atom stereocenters. The number of nitrogens with one attached hydrogen (secondary N) is 1. The molecule has 7 nitrogen and oxygen atoms in total. The zero-order chi connectivity index (χ0) is 19.6. The summed E-state index contributed by atoms with van der Waals surface area (Å²) in [5, 5.41) is 12.0. The summed E-state index contributed by atoms with van der Waals surface area (Å²) in [7, 11) is 0. The Morgan fingerprint density at radius 2 is 2.19 bits per heavy atom. The minimum Gasteiger partial charge on any atom is -0.467 e. The van der Waals surface area contributed by atoms with Crippen LogP contribution in [-0.2, 0) is 16.1 Å². The van der Waals surface area contributed by atoms with Gasteiger partial charge in [0.25, 0.3) is 5.91 Å². The molecule has 0 saturated heterocycles. The van der Waals surface area contributed by atoms with Gasteiger partial charge in [0.05, 0.1) is 24.4 Å². The topological polar surface area (TPSA) is 97.3 Å². The predicted molar refractivity (Wildman–Crippen MR) is 96.9 cm³/mol. The van der Waals surface area contributed by atoms with E-state index in [1.807, 2.05) is 30.5 Å². The monoisotopic (exact) mass is 369 g/mol. The van der Waals surface area contributed by atoms with Gasteiger partial charge in [-0.3, -0.25) is 4.79 Å². The Labute approximate surface area is 157 Å². The third kappa shape index (κ3) is 4.05. The van der Waals surface area contributed by atoms with Gasteiger partial charge in [-0.05, 0) is 57.7 Å². The van der Waals surface area contributed by atoms with Crippen LogP contribution in [-0.4, -0.2) is 28.6 Å². The largest absolute Gasteiger partial charge is 0.467 e. The first-order valence-electron chi connectivity index (χ1n) is 8.92. The van der Waals surface area contributed by atoms with Crippen molar-refractivity contribution in [3.8, 4) is 6.07 Å². The highest BCUT2D eigenvalue weighted by Gasteiger charge is 2.43. The van der Waals surface area contributed by atoms with E-state index in [9.17, 15) is 14.9 Å². The fourth-order valence-electron chi connectivity index (χ4n) is 3.23. The summed E-state index contributed by atoms with van der Waals surface area (Å²) in [6.07, 6.45) is 3.45. The molecule has 1 saturated carbocycles. The molecule has 2 aromatic rings. The second kappa shape index (κ2) is 7.31. The van der Waals surface area contributed by atoms with Crippen molar-refractivity contribution in [1.82, 2.24) is 9.88 Å². The van der Waals surface area contributed by atoms with Gasteiger partial charge in [-0.2, -0.15) is 5.26 Å². The van der Waals surface area contributed by atoms with Crippen LogP contribution in [0.25, 0.3) is 0 Å². The highest BCUT2D eigenvalue weighted by atomic mass is 16.5. The molecule has 1 atom stereocenters. The number of hydrogen-bond acceptors (Lipinski definition) is 5. The molecule has 0 aromatic carbocycles. The van der Waals surface area contributed by atoms with Crippen molar-refractivity contribution in [1.29, 1.82) is 5.26 Å². The van der Waals surface area contributed by atoms with Gasteiger partial charge in [-0.1, -0.05) is 0 Å². The lowest BCUT2D eigenvalue weighted by Crippen LogP contribution is -2.48. The van der Waals surface area contributed by atoms with Crippen molar-refractivity contribution in [2.24, 2.45) is 5.92 Å². The molecular formula is C20H23N3O4. The number of aryl methyl sites for hydroxylation is 1. The fraction of sp³-hybridized carbons (Fsp3) is 0.450. The summed E-state index contributed by atoms with van der Waals surface area (Å²) in [5.41, 5.74) is 1.15. The van der Waals surface area contributed by atoms with E-state index >= 15 is 0 Å². The van der Waals surface area contributed by atoms with Crippen LogP contribution in [0, 0.1) is 31.1 Å². The molecule has 1 aliphatic carbocycles. The van der Waals surface area contributed by atoms with Crippen molar-refractivity contribution >= 4 is 11.9 Å². The van der Waals surface area contributed by atoms with Crippen LogP contribution < -0.4 is 5.32 Å². The average Bonchev–Trinajstić information content (AvgIpc) is 3.32. The van der Waals surface area contributed by atoms with Crippen molar-refractivity contribution < 1.29 is 18.7 Å². The maximum Gasteiger partial charge on any atom is 0.340 e. The number of amides is 1. The summed E-state index contributed by atoms with van der Waals surface area (Å²) in [4.78, 5) is 24.5. The van der Waals surface area contributed by atoms with Gasteiger partial charge < -0.3 is 19.0 Å². The van der Waals surface area contributed by atoms with Crippen LogP contribution >= 0.6 is 0 Å². The Hall–Kier alpha value is -3.01. The number of nitrogens with zero attached hydrogens (tertiary/aromatic N) is 2. The van der Waals surface area contributed by atoms with Gasteiger partial charge in [0.1, 0.15) is 11.3 Å². The Balaban J connectivity index is 1.61. The van der Waals surface area contributed by atoms with Crippen LogP contribution in [0.4, 0.5) is 0 Å². The maximum absolute atomic E-state index is 12.4. The summed E-state index contributed by atoms with van der Waals surface area (Å²) >= 11 is 0. The molecule has 1 fully saturated rings. The SMILES string of the molecule is Cc1cc(C(=O)OCC(=O)N[C@](C)(C#N)C2CC2)c(C)n1Cc1ccco1. The van der Waals surface area contributed by atoms with Gasteiger partial charge in [0.15, 0.2) is 6.61 Å². The third-order valence-corrected chi connectivity index (χ3v) is 5.05. The highest BCUT2D eigenvalue weighted by molar-refractivity contribution is 5.92. The lowest BCUT2D eigenvalue weighted by atomic mass is 9.98. The summed E-state index contributed by atoms with van der Waals surface area (Å²) in [6.45, 7) is 5.53. The standard InChI is InChI=1S/C20H23N3O4/c1-13-9-17(14(2)23(13)10-16-5-4-8-26-16)19(25)27-11-18(24)22-20(3,12-21)15-6-7-15/h4-5,8-9,15H,6-7,10-11H2,1-3H3,(H,22,24)/t20-/m1/s1. The summed E-state index contributed by atoms with van der Waals surface area (Å²) < 4.78 is 12.5. The zero-order valence-corrected chi connectivity index (χ0v) is 15.7. The van der Waals surface area contributed by atoms with Gasteiger partial charge in [-0.25, -0.2) is 4.79 Å². The molecule has 7 heteroatoms. The van der Waals surface area contributed by atoms with E-state index in [2.05, 4.69) is 11.4 Å². The highest BCUT2D eigenvalue weighted by Crippen LogP contribution is 2.39. The van der Waals surface area contributed by atoms with E-state index in [1.165, 1.54) is 0 Å². The van der Waals surface area contributed by atoms with Crippen LogP contribution in [0.5, 0.6) is 0 Å². The van der Waals surface area contributed by atoms with Crippen molar-refractivity contribution in [3.63, 3.8) is 0 Å². The number of carbonyl (C=O) groups excluding carboxylic acids is 2. The Morgan fingerprint density at radius 3 is 2.78 bits per heavy atom. The molecule has 1 amide bonds. The molecule has 0 aliphatic heterocycles. The predicted octanol–water partition coefficient (Wildman–Crippen LogP) is 2.71. The lowest BCUT2D eigenvalue weighted by Gasteiger charge is -2.22. The summed E-state index contributed by atoms with van der Waals surface area (Å²) in [5.74, 6) is -0.0765. The van der Waals surface area contributed by atoms with Crippen LogP contribution in [0.2, 0.25) is 0 Å². The van der Waals surface area contributed by atoms with E-state index in [0.717, 1.165) is 30.0 Å². The minimum atomic E-state index is -0.900. The Morgan fingerprint density at radius 1 is 1.44 bits per heavy atom. The number of carbonyl (C=O) groups is 2. The summed E-state index contributed by atoms with van der Waals surface area (Å²) in [6, 6.07) is 7.57. The molecular weight excluding hydrogens is 346 g/mol. The zero-order valence-electron chi connectivity index (χ0n) is 15.7. The molecule has 0 bridgehead atoms. The molecule has 0 radical (unpaired) electrons. The second-order valence-corrected chi connectivity index (χ2v) is 7.16. The second-order valence-electron chi connectivity index (χ2n) is 7.16. The maximum atomic E-state index is 12.4. The quantitative estimate of drug-likeness (QED) is 0.757. The van der Waals surface area contributed by atoms with Crippen LogP contribution in [0.1, 0.15) is 47.3 Å². The Kier molecular flexibility index (Phi) is 5.08. The van der Waals surface area contributed by atoms with Gasteiger partial charge in [0.2, 0.25) is 0 Å². The number of hydrogen-bond donors (Lipinski definition) is 1. The smallest absolute Gasteiger partial charge is 0.340 e. The number of ether oxygens (including phenoxy) is 1. The molecule has 27 heavy (non-hydrogen) atoms. The minimum absolute atomic E-state index is 0.169. The first-order chi connectivity index (χ1) is 12.8. The lowest BCUT2D eigenvalue weighted by molar-refractivity contribution is -0.125. The van der Waals surface area contributed by atoms with E-state index in [4.69, 9.17) is 9.15 Å². The number of furan rings is 1. The van der Waals surface area contributed by atoms with E-state index in [-0.39, 0.29) is 5.92 Å². The molecule has 3 rings (SSSR count). The van der Waals surface area contributed by atoms with Gasteiger partial charge >= 0.3 is 5.97 Å². The van der Waals surface area contributed by atoms with Crippen molar-refractivity contribution in [2.75, 3.05) is 6.61 Å². The third-order valence-electron chi connectivity index (χ3n) is 5.05. The van der Waals surface area contributed by atoms with Crippen molar-refractivity contribution in [3.05, 3.63) is 47.2 Å². The average molecular weight is 369 g/mol. The molecule has 1 N–H and O–H groups in total. The Bertz CT molecular complexity index is 887. The first kappa shape index (κ1) is 18.8. The van der Waals surface area contributed by atoms with Crippen LogP contribution in [0.3, 0.4) is 0 Å². The van der Waals surface area contributed by atoms with E-state index in [1.54, 1.807) is 19.3 Å². The molecule has 2 aromatic heterocycles.